The first-order valence-corrected chi connectivity index (χ1v) is 5.08. The molecule has 0 radical (unpaired) electrons. The Morgan fingerprint density at radius 2 is 2.20 bits per heavy atom. The molecule has 0 bridgehead atoms. The van der Waals surface area contributed by atoms with E-state index in [1.165, 1.54) is 4.68 Å². The van der Waals surface area contributed by atoms with E-state index >= 15 is 0 Å². The third-order valence-electron chi connectivity index (χ3n) is 2.65. The number of aryl methyl sites for hydroxylation is 1. The van der Waals surface area contributed by atoms with Crippen LogP contribution in [0.1, 0.15) is 23.3 Å². The largest absolute Gasteiger partial charge is 0.337 e. The van der Waals surface area contributed by atoms with Crippen LogP contribution in [-0.4, -0.2) is 44.9 Å². The smallest absolute Gasteiger partial charge is 0.276 e. The van der Waals surface area contributed by atoms with Gasteiger partial charge >= 0.3 is 0 Å². The van der Waals surface area contributed by atoms with Gasteiger partial charge in [-0.3, -0.25) is 9.48 Å². The number of hydrogen-bond donors (Lipinski definition) is 1. The Labute approximate surface area is 88.0 Å². The van der Waals surface area contributed by atoms with Crippen molar-refractivity contribution in [3.63, 3.8) is 0 Å². The average Bonchev–Trinajstić information content (AvgIpc) is 2.65. The van der Waals surface area contributed by atoms with Crippen LogP contribution < -0.4 is 5.73 Å². The van der Waals surface area contributed by atoms with Crippen molar-refractivity contribution < 1.29 is 4.79 Å². The number of nitrogens with two attached hydrogens (primary N) is 1. The molecule has 1 aromatic rings. The van der Waals surface area contributed by atoms with Crippen LogP contribution in [0.15, 0.2) is 6.20 Å². The van der Waals surface area contributed by atoms with Gasteiger partial charge in [0.2, 0.25) is 0 Å². The van der Waals surface area contributed by atoms with E-state index in [4.69, 9.17) is 5.73 Å². The van der Waals surface area contributed by atoms with Crippen molar-refractivity contribution in [3.05, 3.63) is 11.9 Å². The van der Waals surface area contributed by atoms with Crippen LogP contribution in [0.5, 0.6) is 0 Å². The van der Waals surface area contributed by atoms with Crippen molar-refractivity contribution in [2.45, 2.75) is 18.9 Å². The molecule has 1 aliphatic rings. The summed E-state index contributed by atoms with van der Waals surface area (Å²) in [5, 5.41) is 7.54. The van der Waals surface area contributed by atoms with Gasteiger partial charge in [0.1, 0.15) is 0 Å². The molecule has 0 saturated carbocycles. The van der Waals surface area contributed by atoms with Gasteiger partial charge in [0.25, 0.3) is 5.91 Å². The molecule has 1 aliphatic heterocycles. The molecule has 15 heavy (non-hydrogen) atoms. The summed E-state index contributed by atoms with van der Waals surface area (Å²) >= 11 is 0. The molecule has 6 nitrogen and oxygen atoms in total. The molecule has 2 N–H and O–H groups in total. The SMILES string of the molecule is Cn1cc(C(=O)N2CCC(N)CC2)nn1. The van der Waals surface area contributed by atoms with E-state index in [9.17, 15) is 4.79 Å². The third kappa shape index (κ3) is 2.15. The Bertz CT molecular complexity index is 353. The molecule has 2 heterocycles. The lowest BCUT2D eigenvalue weighted by Gasteiger charge is -2.29. The van der Waals surface area contributed by atoms with Crippen molar-refractivity contribution in [1.82, 2.24) is 19.9 Å². The molecule has 0 atom stereocenters. The quantitative estimate of drug-likeness (QED) is 0.668. The number of likely N-dealkylation sites (tertiary alicyclic amines) is 1. The van der Waals surface area contributed by atoms with E-state index in [2.05, 4.69) is 10.3 Å². The topological polar surface area (TPSA) is 77.0 Å². The summed E-state index contributed by atoms with van der Waals surface area (Å²) in [7, 11) is 1.75. The number of rotatable bonds is 1. The average molecular weight is 209 g/mol. The Balaban J connectivity index is 2.02. The van der Waals surface area contributed by atoms with Gasteiger partial charge in [-0.1, -0.05) is 5.21 Å². The van der Waals surface area contributed by atoms with Crippen LogP contribution in [0.25, 0.3) is 0 Å². The second-order valence-corrected chi connectivity index (χ2v) is 3.91. The van der Waals surface area contributed by atoms with Gasteiger partial charge in [-0.15, -0.1) is 5.10 Å². The highest BCUT2D eigenvalue weighted by atomic mass is 16.2. The summed E-state index contributed by atoms with van der Waals surface area (Å²) in [4.78, 5) is 13.7. The fraction of sp³-hybridized carbons (Fsp3) is 0.667. The first kappa shape index (κ1) is 10.1. The second kappa shape index (κ2) is 3.98. The van der Waals surface area contributed by atoms with Crippen molar-refractivity contribution in [2.75, 3.05) is 13.1 Å². The summed E-state index contributed by atoms with van der Waals surface area (Å²) in [5.74, 6) is -0.0463. The van der Waals surface area contributed by atoms with E-state index in [1.807, 2.05) is 0 Å². The Hall–Kier alpha value is -1.43. The van der Waals surface area contributed by atoms with E-state index in [-0.39, 0.29) is 11.9 Å². The van der Waals surface area contributed by atoms with Gasteiger partial charge < -0.3 is 10.6 Å². The van der Waals surface area contributed by atoms with Gasteiger partial charge in [0.15, 0.2) is 5.69 Å². The highest BCUT2D eigenvalue weighted by molar-refractivity contribution is 5.91. The standard InChI is InChI=1S/C9H15N5O/c1-13-6-8(11-12-13)9(15)14-4-2-7(10)3-5-14/h6-7H,2-5,10H2,1H3. The van der Waals surface area contributed by atoms with Gasteiger partial charge in [-0.25, -0.2) is 0 Å². The predicted molar refractivity (Wildman–Crippen MR) is 54.1 cm³/mol. The number of piperidine rings is 1. The summed E-state index contributed by atoms with van der Waals surface area (Å²) in [5.41, 5.74) is 6.18. The van der Waals surface area contributed by atoms with Crippen molar-refractivity contribution in [3.8, 4) is 0 Å². The lowest BCUT2D eigenvalue weighted by molar-refractivity contribution is 0.0708. The van der Waals surface area contributed by atoms with Crippen molar-refractivity contribution in [1.29, 1.82) is 0 Å². The highest BCUT2D eigenvalue weighted by Gasteiger charge is 2.23. The normalized spacial score (nSPS) is 18.1. The van der Waals surface area contributed by atoms with Crippen LogP contribution in [-0.2, 0) is 7.05 Å². The molecule has 0 unspecified atom stereocenters. The van der Waals surface area contributed by atoms with Crippen LogP contribution in [0.3, 0.4) is 0 Å². The molecule has 1 saturated heterocycles. The molecule has 0 aromatic carbocycles. The molecule has 1 fully saturated rings. The number of nitrogens with zero attached hydrogens (tertiary/aromatic N) is 4. The summed E-state index contributed by atoms with van der Waals surface area (Å²) in [6.07, 6.45) is 3.37. The first-order valence-electron chi connectivity index (χ1n) is 5.08. The molecule has 0 aliphatic carbocycles. The van der Waals surface area contributed by atoms with Crippen molar-refractivity contribution >= 4 is 5.91 Å². The molecule has 0 spiro atoms. The summed E-state index contributed by atoms with van der Waals surface area (Å²) in [6.45, 7) is 1.44. The fourth-order valence-electron chi connectivity index (χ4n) is 1.71. The van der Waals surface area contributed by atoms with Crippen molar-refractivity contribution in [2.24, 2.45) is 12.8 Å². The minimum absolute atomic E-state index is 0.0463. The van der Waals surface area contributed by atoms with Gasteiger partial charge in [-0.2, -0.15) is 0 Å². The number of carbonyl (C=O) groups excluding carboxylic acids is 1. The molecular formula is C9H15N5O. The zero-order valence-electron chi connectivity index (χ0n) is 8.76. The van der Waals surface area contributed by atoms with Crippen LogP contribution >= 0.6 is 0 Å². The van der Waals surface area contributed by atoms with E-state index in [0.717, 1.165) is 25.9 Å². The maximum absolute atomic E-state index is 11.9. The molecular weight excluding hydrogens is 194 g/mol. The van der Waals surface area contributed by atoms with E-state index in [1.54, 1.807) is 18.1 Å². The lowest BCUT2D eigenvalue weighted by Crippen LogP contribution is -2.42. The van der Waals surface area contributed by atoms with Crippen LogP contribution in [0.2, 0.25) is 0 Å². The summed E-state index contributed by atoms with van der Waals surface area (Å²) in [6, 6.07) is 0.232. The van der Waals surface area contributed by atoms with Crippen LogP contribution in [0.4, 0.5) is 0 Å². The monoisotopic (exact) mass is 209 g/mol. The highest BCUT2D eigenvalue weighted by Crippen LogP contribution is 2.10. The maximum atomic E-state index is 11.9. The lowest BCUT2D eigenvalue weighted by atomic mass is 10.1. The second-order valence-electron chi connectivity index (χ2n) is 3.91. The Morgan fingerprint density at radius 3 is 2.73 bits per heavy atom. The van der Waals surface area contributed by atoms with Gasteiger partial charge in [-0.05, 0) is 12.8 Å². The number of carbonyl (C=O) groups is 1. The zero-order chi connectivity index (χ0) is 10.8. The first-order chi connectivity index (χ1) is 7.16. The zero-order valence-corrected chi connectivity index (χ0v) is 8.76. The fourth-order valence-corrected chi connectivity index (χ4v) is 1.71. The minimum Gasteiger partial charge on any atom is -0.337 e. The molecule has 6 heteroatoms. The minimum atomic E-state index is -0.0463. The predicted octanol–water partition coefficient (Wildman–Crippen LogP) is -0.622. The molecule has 1 amide bonds. The summed E-state index contributed by atoms with van der Waals surface area (Å²) < 4.78 is 1.53. The van der Waals surface area contributed by atoms with Gasteiger partial charge in [0.05, 0.1) is 6.20 Å². The molecule has 1 aromatic heterocycles. The number of hydrogen-bond acceptors (Lipinski definition) is 4. The Kier molecular flexibility index (Phi) is 2.68. The van der Waals surface area contributed by atoms with E-state index in [0.29, 0.717) is 5.69 Å². The number of aromatic nitrogens is 3. The Morgan fingerprint density at radius 1 is 1.53 bits per heavy atom. The third-order valence-corrected chi connectivity index (χ3v) is 2.65. The number of amides is 1. The molecule has 82 valence electrons. The molecule has 2 rings (SSSR count). The van der Waals surface area contributed by atoms with Crippen LogP contribution in [0, 0.1) is 0 Å². The van der Waals surface area contributed by atoms with Gasteiger partial charge in [0, 0.05) is 26.2 Å². The maximum Gasteiger partial charge on any atom is 0.276 e. The van der Waals surface area contributed by atoms with E-state index < -0.39 is 0 Å².